The Morgan fingerprint density at radius 1 is 1.38 bits per heavy atom. The van der Waals surface area contributed by atoms with Gasteiger partial charge in [0.15, 0.2) is 11.5 Å². The second-order valence-electron chi connectivity index (χ2n) is 5.35. The standard InChI is InChI=1S/C15H22N2O4/c1-17-7-5-11(6-8-17)21-12-4-3-10(9-13(12)20-2)14(16)15(18)19/h3-4,9,11,14H,5-8,16H2,1-2H3,(H,18,19). The summed E-state index contributed by atoms with van der Waals surface area (Å²) in [5, 5.41) is 8.95. The Morgan fingerprint density at radius 3 is 2.62 bits per heavy atom. The number of ether oxygens (including phenoxy) is 2. The molecular weight excluding hydrogens is 272 g/mol. The normalized spacial score (nSPS) is 18.2. The first-order valence-electron chi connectivity index (χ1n) is 7.02. The number of hydrogen-bond acceptors (Lipinski definition) is 5. The lowest BCUT2D eigenvalue weighted by atomic mass is 10.1. The number of likely N-dealkylation sites (tertiary alicyclic amines) is 1. The minimum absolute atomic E-state index is 0.161. The molecule has 1 saturated heterocycles. The summed E-state index contributed by atoms with van der Waals surface area (Å²) in [5.74, 6) is 0.0811. The maximum absolute atomic E-state index is 10.9. The maximum Gasteiger partial charge on any atom is 0.325 e. The van der Waals surface area contributed by atoms with E-state index in [1.165, 1.54) is 7.11 Å². The van der Waals surface area contributed by atoms with E-state index in [0.717, 1.165) is 25.9 Å². The molecule has 0 bridgehead atoms. The average Bonchev–Trinajstić information content (AvgIpc) is 2.49. The van der Waals surface area contributed by atoms with Crippen LogP contribution in [0, 0.1) is 0 Å². The third-order valence-electron chi connectivity index (χ3n) is 3.77. The highest BCUT2D eigenvalue weighted by Gasteiger charge is 2.21. The predicted molar refractivity (Wildman–Crippen MR) is 78.7 cm³/mol. The number of carboxylic acid groups (broad SMARTS) is 1. The van der Waals surface area contributed by atoms with E-state index in [-0.39, 0.29) is 6.10 Å². The Kier molecular flexibility index (Phi) is 5.03. The SMILES string of the molecule is COc1cc(C(N)C(=O)O)ccc1OC1CCN(C)CC1. The first-order chi connectivity index (χ1) is 10.0. The molecule has 3 N–H and O–H groups in total. The molecule has 0 amide bonds. The van der Waals surface area contributed by atoms with Crippen LogP contribution in [0.2, 0.25) is 0 Å². The van der Waals surface area contributed by atoms with Crippen molar-refractivity contribution >= 4 is 5.97 Å². The molecule has 0 saturated carbocycles. The van der Waals surface area contributed by atoms with Crippen molar-refractivity contribution in [1.29, 1.82) is 0 Å². The summed E-state index contributed by atoms with van der Waals surface area (Å²) in [6.45, 7) is 2.02. The number of hydrogen-bond donors (Lipinski definition) is 2. The molecule has 0 spiro atoms. The lowest BCUT2D eigenvalue weighted by Crippen LogP contribution is -2.35. The highest BCUT2D eigenvalue weighted by Crippen LogP contribution is 2.32. The number of nitrogens with two attached hydrogens (primary N) is 1. The molecule has 1 aromatic carbocycles. The van der Waals surface area contributed by atoms with Gasteiger partial charge in [-0.05, 0) is 37.6 Å². The van der Waals surface area contributed by atoms with Crippen LogP contribution < -0.4 is 15.2 Å². The van der Waals surface area contributed by atoms with Gasteiger partial charge in [-0.3, -0.25) is 4.79 Å². The van der Waals surface area contributed by atoms with E-state index in [4.69, 9.17) is 20.3 Å². The molecular formula is C15H22N2O4. The summed E-state index contributed by atoms with van der Waals surface area (Å²) in [7, 11) is 3.63. The molecule has 1 heterocycles. The third kappa shape index (κ3) is 3.86. The van der Waals surface area contributed by atoms with Gasteiger partial charge >= 0.3 is 5.97 Å². The first-order valence-corrected chi connectivity index (χ1v) is 7.02. The van der Waals surface area contributed by atoms with Gasteiger partial charge in [-0.2, -0.15) is 0 Å². The second kappa shape index (κ2) is 6.78. The zero-order chi connectivity index (χ0) is 15.4. The van der Waals surface area contributed by atoms with Gasteiger partial charge in [0.05, 0.1) is 7.11 Å². The van der Waals surface area contributed by atoms with Gasteiger partial charge in [0.25, 0.3) is 0 Å². The van der Waals surface area contributed by atoms with E-state index in [2.05, 4.69) is 11.9 Å². The largest absolute Gasteiger partial charge is 0.493 e. The van der Waals surface area contributed by atoms with Crippen molar-refractivity contribution in [2.75, 3.05) is 27.2 Å². The minimum Gasteiger partial charge on any atom is -0.493 e. The lowest BCUT2D eigenvalue weighted by molar-refractivity contribution is -0.138. The summed E-state index contributed by atoms with van der Waals surface area (Å²) < 4.78 is 11.3. The van der Waals surface area contributed by atoms with Crippen molar-refractivity contribution in [1.82, 2.24) is 4.90 Å². The molecule has 1 fully saturated rings. The van der Waals surface area contributed by atoms with Gasteiger partial charge in [-0.1, -0.05) is 6.07 Å². The summed E-state index contributed by atoms with van der Waals surface area (Å²) in [5.41, 5.74) is 6.10. The number of methoxy groups -OCH3 is 1. The number of benzene rings is 1. The van der Waals surface area contributed by atoms with Crippen molar-refractivity contribution in [3.8, 4) is 11.5 Å². The molecule has 0 aromatic heterocycles. The van der Waals surface area contributed by atoms with Crippen LogP contribution in [-0.4, -0.2) is 49.3 Å². The molecule has 6 heteroatoms. The number of piperidine rings is 1. The van der Waals surface area contributed by atoms with Gasteiger partial charge < -0.3 is 25.2 Å². The van der Waals surface area contributed by atoms with Crippen LogP contribution in [0.15, 0.2) is 18.2 Å². The number of nitrogens with zero attached hydrogens (tertiary/aromatic N) is 1. The highest BCUT2D eigenvalue weighted by atomic mass is 16.5. The smallest absolute Gasteiger partial charge is 0.325 e. The summed E-state index contributed by atoms with van der Waals surface area (Å²) in [6.07, 6.45) is 2.10. The Hall–Kier alpha value is -1.79. The molecule has 1 aromatic rings. The number of rotatable bonds is 5. The van der Waals surface area contributed by atoms with Crippen LogP contribution >= 0.6 is 0 Å². The Labute approximate surface area is 124 Å². The Balaban J connectivity index is 2.11. The fourth-order valence-corrected chi connectivity index (χ4v) is 2.40. The minimum atomic E-state index is -1.07. The van der Waals surface area contributed by atoms with Gasteiger partial charge in [0.1, 0.15) is 12.1 Å². The van der Waals surface area contributed by atoms with Gasteiger partial charge in [0.2, 0.25) is 0 Å². The van der Waals surface area contributed by atoms with E-state index < -0.39 is 12.0 Å². The molecule has 116 valence electrons. The van der Waals surface area contributed by atoms with Crippen LogP contribution in [0.3, 0.4) is 0 Å². The fraction of sp³-hybridized carbons (Fsp3) is 0.533. The van der Waals surface area contributed by atoms with Crippen molar-refractivity contribution in [2.45, 2.75) is 25.0 Å². The van der Waals surface area contributed by atoms with Crippen LogP contribution in [0.5, 0.6) is 11.5 Å². The monoisotopic (exact) mass is 294 g/mol. The molecule has 1 aliphatic heterocycles. The number of carboxylic acids is 1. The van der Waals surface area contributed by atoms with Crippen LogP contribution in [0.1, 0.15) is 24.4 Å². The number of carbonyl (C=O) groups is 1. The average molecular weight is 294 g/mol. The maximum atomic E-state index is 10.9. The molecule has 1 atom stereocenters. The molecule has 1 unspecified atom stereocenters. The second-order valence-corrected chi connectivity index (χ2v) is 5.35. The molecule has 0 radical (unpaired) electrons. The van der Waals surface area contributed by atoms with E-state index in [1.54, 1.807) is 18.2 Å². The van der Waals surface area contributed by atoms with E-state index in [1.807, 2.05) is 0 Å². The van der Waals surface area contributed by atoms with Crippen LogP contribution in [-0.2, 0) is 4.79 Å². The summed E-state index contributed by atoms with van der Waals surface area (Å²) >= 11 is 0. The zero-order valence-electron chi connectivity index (χ0n) is 12.4. The summed E-state index contributed by atoms with van der Waals surface area (Å²) in [4.78, 5) is 13.2. The molecule has 6 nitrogen and oxygen atoms in total. The molecule has 2 rings (SSSR count). The fourth-order valence-electron chi connectivity index (χ4n) is 2.40. The quantitative estimate of drug-likeness (QED) is 0.850. The Bertz CT molecular complexity index is 498. The molecule has 1 aliphatic rings. The van der Waals surface area contributed by atoms with Crippen molar-refractivity contribution in [3.63, 3.8) is 0 Å². The van der Waals surface area contributed by atoms with Gasteiger partial charge in [-0.15, -0.1) is 0 Å². The van der Waals surface area contributed by atoms with Crippen molar-refractivity contribution < 1.29 is 19.4 Å². The Morgan fingerprint density at radius 2 is 2.05 bits per heavy atom. The van der Waals surface area contributed by atoms with Crippen LogP contribution in [0.4, 0.5) is 0 Å². The third-order valence-corrected chi connectivity index (χ3v) is 3.77. The highest BCUT2D eigenvalue weighted by molar-refractivity contribution is 5.75. The van der Waals surface area contributed by atoms with E-state index >= 15 is 0 Å². The predicted octanol–water partition coefficient (Wildman–Crippen LogP) is 1.25. The topological polar surface area (TPSA) is 85.0 Å². The van der Waals surface area contributed by atoms with Crippen molar-refractivity contribution in [2.24, 2.45) is 5.73 Å². The number of aliphatic carboxylic acids is 1. The van der Waals surface area contributed by atoms with E-state index in [9.17, 15) is 4.79 Å². The summed E-state index contributed by atoms with van der Waals surface area (Å²) in [6, 6.07) is 3.97. The lowest BCUT2D eigenvalue weighted by Gasteiger charge is -2.29. The molecule has 0 aliphatic carbocycles. The van der Waals surface area contributed by atoms with Gasteiger partial charge in [-0.25, -0.2) is 0 Å². The van der Waals surface area contributed by atoms with Crippen LogP contribution in [0.25, 0.3) is 0 Å². The molecule has 21 heavy (non-hydrogen) atoms. The van der Waals surface area contributed by atoms with Crippen molar-refractivity contribution in [3.05, 3.63) is 23.8 Å². The van der Waals surface area contributed by atoms with Gasteiger partial charge in [0, 0.05) is 13.1 Å². The zero-order valence-corrected chi connectivity index (χ0v) is 12.4. The first kappa shape index (κ1) is 15.6. The van der Waals surface area contributed by atoms with E-state index in [0.29, 0.717) is 17.1 Å².